The lowest BCUT2D eigenvalue weighted by atomic mass is 10.3. The molecule has 148 valence electrons. The van der Waals surface area contributed by atoms with Crippen molar-refractivity contribution in [2.45, 2.75) is 33.2 Å². The van der Waals surface area contributed by atoms with E-state index in [0.717, 1.165) is 67.9 Å². The van der Waals surface area contributed by atoms with E-state index in [4.69, 9.17) is 4.98 Å². The summed E-state index contributed by atoms with van der Waals surface area (Å²) in [5, 5.41) is 3.39. The van der Waals surface area contributed by atoms with Crippen LogP contribution in [-0.2, 0) is 0 Å². The summed E-state index contributed by atoms with van der Waals surface area (Å²) in [6, 6.07) is 6.33. The first kappa shape index (κ1) is 18.5. The first-order chi connectivity index (χ1) is 13.7. The highest BCUT2D eigenvalue weighted by Crippen LogP contribution is 2.29. The molecule has 4 heterocycles. The van der Waals surface area contributed by atoms with Crippen LogP contribution in [0.2, 0.25) is 0 Å². The van der Waals surface area contributed by atoms with Gasteiger partial charge in [0, 0.05) is 45.0 Å². The second-order valence-electron chi connectivity index (χ2n) is 7.36. The minimum absolute atomic E-state index is 0.266. The smallest absolute Gasteiger partial charge is 0.208 e. The molecule has 8 nitrogen and oxygen atoms in total. The molecule has 0 bridgehead atoms. The lowest BCUT2D eigenvalue weighted by molar-refractivity contribution is 0.572. The molecule has 0 amide bonds. The van der Waals surface area contributed by atoms with Crippen molar-refractivity contribution < 1.29 is 0 Å². The SMILES string of the molecule is CCCNc1ncnc2c1nc(N1CCN(c3ccccn3)CC1)n2C(C)C. The third-order valence-corrected chi connectivity index (χ3v) is 5.05. The van der Waals surface area contributed by atoms with Crippen molar-refractivity contribution in [1.82, 2.24) is 24.5 Å². The zero-order chi connectivity index (χ0) is 19.5. The van der Waals surface area contributed by atoms with Crippen LogP contribution in [0.5, 0.6) is 0 Å². The quantitative estimate of drug-likeness (QED) is 0.705. The van der Waals surface area contributed by atoms with E-state index in [-0.39, 0.29) is 6.04 Å². The Hall–Kier alpha value is -2.90. The number of nitrogens with one attached hydrogen (secondary N) is 1. The number of aromatic nitrogens is 5. The number of piperazine rings is 1. The van der Waals surface area contributed by atoms with Gasteiger partial charge >= 0.3 is 0 Å². The number of rotatable bonds is 6. The molecule has 3 aromatic rings. The summed E-state index contributed by atoms with van der Waals surface area (Å²) in [6.07, 6.45) is 4.52. The van der Waals surface area contributed by atoms with Crippen LogP contribution in [0.25, 0.3) is 11.2 Å². The molecule has 28 heavy (non-hydrogen) atoms. The topological polar surface area (TPSA) is 75.0 Å². The van der Waals surface area contributed by atoms with Gasteiger partial charge in [-0.1, -0.05) is 13.0 Å². The Morgan fingerprint density at radius 2 is 1.82 bits per heavy atom. The summed E-state index contributed by atoms with van der Waals surface area (Å²) < 4.78 is 2.23. The molecule has 0 spiro atoms. The number of imidazole rings is 1. The van der Waals surface area contributed by atoms with E-state index in [1.807, 2.05) is 18.3 Å². The maximum Gasteiger partial charge on any atom is 0.208 e. The summed E-state index contributed by atoms with van der Waals surface area (Å²) in [5.41, 5.74) is 1.75. The van der Waals surface area contributed by atoms with Gasteiger partial charge in [0.1, 0.15) is 12.1 Å². The largest absolute Gasteiger partial charge is 0.368 e. The second-order valence-corrected chi connectivity index (χ2v) is 7.36. The molecule has 0 saturated carbocycles. The average Bonchev–Trinajstić information content (AvgIpc) is 3.13. The van der Waals surface area contributed by atoms with Crippen LogP contribution in [-0.4, -0.2) is 57.2 Å². The van der Waals surface area contributed by atoms with Gasteiger partial charge in [-0.2, -0.15) is 0 Å². The number of anilines is 3. The van der Waals surface area contributed by atoms with Crippen LogP contribution >= 0.6 is 0 Å². The van der Waals surface area contributed by atoms with E-state index in [9.17, 15) is 0 Å². The molecule has 0 atom stereocenters. The molecule has 0 radical (unpaired) electrons. The summed E-state index contributed by atoms with van der Waals surface area (Å²) >= 11 is 0. The molecule has 0 aromatic carbocycles. The molecule has 0 aliphatic carbocycles. The monoisotopic (exact) mass is 380 g/mol. The highest BCUT2D eigenvalue weighted by atomic mass is 15.4. The lowest BCUT2D eigenvalue weighted by Gasteiger charge is -2.36. The first-order valence-electron chi connectivity index (χ1n) is 10.1. The van der Waals surface area contributed by atoms with Crippen LogP contribution in [0, 0.1) is 0 Å². The molecule has 1 aliphatic rings. The zero-order valence-corrected chi connectivity index (χ0v) is 16.8. The van der Waals surface area contributed by atoms with Crippen molar-refractivity contribution in [2.75, 3.05) is 47.8 Å². The molecule has 8 heteroatoms. The number of pyridine rings is 1. The second kappa shape index (κ2) is 8.00. The summed E-state index contributed by atoms with van der Waals surface area (Å²) in [7, 11) is 0. The fraction of sp³-hybridized carbons (Fsp3) is 0.500. The molecule has 1 fully saturated rings. The minimum atomic E-state index is 0.266. The third kappa shape index (κ3) is 3.46. The van der Waals surface area contributed by atoms with Gasteiger partial charge in [0.25, 0.3) is 0 Å². The summed E-state index contributed by atoms with van der Waals surface area (Å²) in [6.45, 7) is 11.0. The normalized spacial score (nSPS) is 14.9. The van der Waals surface area contributed by atoms with E-state index in [2.05, 4.69) is 61.5 Å². The molecule has 0 unspecified atom stereocenters. The summed E-state index contributed by atoms with van der Waals surface area (Å²) in [4.78, 5) is 23.1. The van der Waals surface area contributed by atoms with Gasteiger partial charge in [0.2, 0.25) is 5.95 Å². The zero-order valence-electron chi connectivity index (χ0n) is 16.8. The van der Waals surface area contributed by atoms with Crippen LogP contribution in [0.4, 0.5) is 17.6 Å². The highest BCUT2D eigenvalue weighted by Gasteiger charge is 2.25. The predicted molar refractivity (Wildman–Crippen MR) is 113 cm³/mol. The molecule has 4 rings (SSSR count). The molecule has 3 aromatic heterocycles. The van der Waals surface area contributed by atoms with Crippen LogP contribution in [0.3, 0.4) is 0 Å². The van der Waals surface area contributed by atoms with E-state index in [1.54, 1.807) is 6.33 Å². The number of fused-ring (bicyclic) bond motifs is 1. The fourth-order valence-corrected chi connectivity index (χ4v) is 3.65. The molecule has 1 saturated heterocycles. The molecule has 1 aliphatic heterocycles. The fourth-order valence-electron chi connectivity index (χ4n) is 3.65. The number of hydrogen-bond acceptors (Lipinski definition) is 7. The first-order valence-corrected chi connectivity index (χ1v) is 10.1. The minimum Gasteiger partial charge on any atom is -0.368 e. The van der Waals surface area contributed by atoms with E-state index in [0.29, 0.717) is 0 Å². The van der Waals surface area contributed by atoms with Gasteiger partial charge in [-0.05, 0) is 32.4 Å². The van der Waals surface area contributed by atoms with Crippen molar-refractivity contribution in [1.29, 1.82) is 0 Å². The van der Waals surface area contributed by atoms with Gasteiger partial charge in [0.05, 0.1) is 0 Å². The standard InChI is InChI=1S/C20H28N8/c1-4-8-22-18-17-19(24-14-23-18)28(15(2)3)20(25-17)27-12-10-26(11-13-27)16-7-5-6-9-21-16/h5-7,9,14-15H,4,8,10-13H2,1-3H3,(H,22,23,24). The molecule has 1 N–H and O–H groups in total. The van der Waals surface area contributed by atoms with Crippen LogP contribution in [0.15, 0.2) is 30.7 Å². The van der Waals surface area contributed by atoms with Gasteiger partial charge in [0.15, 0.2) is 17.0 Å². The number of nitrogens with zero attached hydrogens (tertiary/aromatic N) is 7. The Morgan fingerprint density at radius 3 is 2.50 bits per heavy atom. The Balaban J connectivity index is 1.62. The Bertz CT molecular complexity index is 913. The van der Waals surface area contributed by atoms with Crippen LogP contribution < -0.4 is 15.1 Å². The van der Waals surface area contributed by atoms with E-state index < -0.39 is 0 Å². The van der Waals surface area contributed by atoms with Gasteiger partial charge in [-0.3, -0.25) is 4.57 Å². The average molecular weight is 381 g/mol. The maximum atomic E-state index is 4.98. The van der Waals surface area contributed by atoms with Gasteiger partial charge in [-0.15, -0.1) is 0 Å². The van der Waals surface area contributed by atoms with E-state index >= 15 is 0 Å². The van der Waals surface area contributed by atoms with Crippen molar-refractivity contribution in [2.24, 2.45) is 0 Å². The van der Waals surface area contributed by atoms with Gasteiger partial charge in [-0.25, -0.2) is 19.9 Å². The summed E-state index contributed by atoms with van der Waals surface area (Å²) in [5.74, 6) is 2.83. The predicted octanol–water partition coefficient (Wildman–Crippen LogP) is 2.95. The molecular formula is C20H28N8. The third-order valence-electron chi connectivity index (χ3n) is 5.05. The van der Waals surface area contributed by atoms with Crippen LogP contribution in [0.1, 0.15) is 33.2 Å². The Morgan fingerprint density at radius 1 is 1.04 bits per heavy atom. The Kier molecular flexibility index (Phi) is 5.27. The number of hydrogen-bond donors (Lipinski definition) is 1. The van der Waals surface area contributed by atoms with Crippen molar-refractivity contribution in [3.8, 4) is 0 Å². The highest BCUT2D eigenvalue weighted by molar-refractivity contribution is 5.85. The van der Waals surface area contributed by atoms with Gasteiger partial charge < -0.3 is 15.1 Å². The van der Waals surface area contributed by atoms with E-state index in [1.165, 1.54) is 0 Å². The molecular weight excluding hydrogens is 352 g/mol. The lowest BCUT2D eigenvalue weighted by Crippen LogP contribution is -2.47. The van der Waals surface area contributed by atoms with Crippen molar-refractivity contribution >= 4 is 28.7 Å². The Labute approximate surface area is 165 Å². The maximum absolute atomic E-state index is 4.98. The van der Waals surface area contributed by atoms with Crippen molar-refractivity contribution in [3.63, 3.8) is 0 Å². The van der Waals surface area contributed by atoms with Crippen molar-refractivity contribution in [3.05, 3.63) is 30.7 Å².